The van der Waals surface area contributed by atoms with Gasteiger partial charge in [-0.2, -0.15) is 18.2 Å². The summed E-state index contributed by atoms with van der Waals surface area (Å²) in [5, 5.41) is 7.70. The molecule has 0 fully saturated rings. The molecule has 1 aromatic heterocycles. The Morgan fingerprint density at radius 2 is 2.12 bits per heavy atom. The van der Waals surface area contributed by atoms with E-state index in [9.17, 15) is 22.8 Å². The number of amides is 2. The fourth-order valence-electron chi connectivity index (χ4n) is 2.39. The van der Waals surface area contributed by atoms with Crippen LogP contribution in [0.2, 0.25) is 0 Å². The standard InChI is InChI=1S/C15H13F3N6O2/c16-15(17,18)9-5-21-14(24-13(9)20-6-11(19)25)22-8-1-2-10-7(3-8)4-12(26)23-10/h1-3,5H,4,6H2,(H2,19,25)(H,23,26)(H2,20,21,22,24). The number of carbonyl (C=O) groups is 2. The molecule has 0 saturated carbocycles. The zero-order chi connectivity index (χ0) is 18.9. The molecule has 1 aliphatic rings. The van der Waals surface area contributed by atoms with E-state index in [0.29, 0.717) is 17.6 Å². The van der Waals surface area contributed by atoms with Gasteiger partial charge in [-0.3, -0.25) is 9.59 Å². The molecule has 0 spiro atoms. The van der Waals surface area contributed by atoms with Crippen molar-refractivity contribution in [3.8, 4) is 0 Å². The topological polar surface area (TPSA) is 122 Å². The van der Waals surface area contributed by atoms with Crippen molar-refractivity contribution in [2.24, 2.45) is 5.73 Å². The summed E-state index contributed by atoms with van der Waals surface area (Å²) in [6.45, 7) is -0.508. The molecule has 2 amide bonds. The number of rotatable bonds is 5. The molecule has 11 heteroatoms. The molecule has 26 heavy (non-hydrogen) atoms. The number of fused-ring (bicyclic) bond motifs is 1. The van der Waals surface area contributed by atoms with Crippen molar-refractivity contribution in [1.82, 2.24) is 9.97 Å². The highest BCUT2D eigenvalue weighted by Gasteiger charge is 2.35. The third-order valence-electron chi connectivity index (χ3n) is 3.51. The largest absolute Gasteiger partial charge is 0.421 e. The van der Waals surface area contributed by atoms with Crippen LogP contribution in [0.5, 0.6) is 0 Å². The van der Waals surface area contributed by atoms with E-state index in [0.717, 1.165) is 5.56 Å². The number of aromatic nitrogens is 2. The molecule has 0 atom stereocenters. The number of nitrogens with zero attached hydrogens (tertiary/aromatic N) is 2. The second kappa shape index (κ2) is 6.50. The molecule has 0 unspecified atom stereocenters. The van der Waals surface area contributed by atoms with Crippen LogP contribution in [0.1, 0.15) is 11.1 Å². The van der Waals surface area contributed by atoms with Crippen molar-refractivity contribution in [1.29, 1.82) is 0 Å². The van der Waals surface area contributed by atoms with Gasteiger partial charge >= 0.3 is 6.18 Å². The summed E-state index contributed by atoms with van der Waals surface area (Å²) in [5.41, 5.74) is 5.76. The normalized spacial score (nSPS) is 13.1. The van der Waals surface area contributed by atoms with Crippen LogP contribution in [0.15, 0.2) is 24.4 Å². The zero-order valence-corrected chi connectivity index (χ0v) is 13.1. The number of carbonyl (C=O) groups excluding carboxylic acids is 2. The minimum absolute atomic E-state index is 0.109. The van der Waals surface area contributed by atoms with E-state index in [4.69, 9.17) is 5.73 Å². The molecular weight excluding hydrogens is 353 g/mol. The van der Waals surface area contributed by atoms with Gasteiger partial charge in [0.05, 0.1) is 13.0 Å². The van der Waals surface area contributed by atoms with Gasteiger partial charge in [-0.05, 0) is 23.8 Å². The Morgan fingerprint density at radius 3 is 2.81 bits per heavy atom. The first kappa shape index (κ1) is 17.5. The zero-order valence-electron chi connectivity index (χ0n) is 13.1. The Bertz CT molecular complexity index is 884. The molecule has 2 heterocycles. The second-order valence-corrected chi connectivity index (χ2v) is 5.50. The Kier molecular flexibility index (Phi) is 4.36. The molecule has 0 saturated heterocycles. The monoisotopic (exact) mass is 366 g/mol. The van der Waals surface area contributed by atoms with Crippen molar-refractivity contribution in [2.75, 3.05) is 22.5 Å². The SMILES string of the molecule is NC(=O)CNc1nc(Nc2ccc3c(c2)CC(=O)N3)ncc1C(F)(F)F. The summed E-state index contributed by atoms with van der Waals surface area (Å²) in [6.07, 6.45) is -3.88. The fraction of sp³-hybridized carbons (Fsp3) is 0.200. The Morgan fingerprint density at radius 1 is 1.35 bits per heavy atom. The van der Waals surface area contributed by atoms with Crippen molar-refractivity contribution in [3.05, 3.63) is 35.5 Å². The fourth-order valence-corrected chi connectivity index (χ4v) is 2.39. The van der Waals surface area contributed by atoms with E-state index >= 15 is 0 Å². The van der Waals surface area contributed by atoms with Gasteiger partial charge in [-0.1, -0.05) is 0 Å². The maximum absolute atomic E-state index is 13.0. The lowest BCUT2D eigenvalue weighted by atomic mass is 10.1. The van der Waals surface area contributed by atoms with Gasteiger partial charge in [0.2, 0.25) is 17.8 Å². The van der Waals surface area contributed by atoms with Crippen molar-refractivity contribution in [2.45, 2.75) is 12.6 Å². The molecule has 0 radical (unpaired) electrons. The summed E-state index contributed by atoms with van der Waals surface area (Å²) in [5.74, 6) is -1.64. The molecule has 0 bridgehead atoms. The third-order valence-corrected chi connectivity index (χ3v) is 3.51. The van der Waals surface area contributed by atoms with Crippen molar-refractivity contribution in [3.63, 3.8) is 0 Å². The molecule has 1 aliphatic heterocycles. The highest BCUT2D eigenvalue weighted by atomic mass is 19.4. The van der Waals surface area contributed by atoms with E-state index < -0.39 is 30.0 Å². The third kappa shape index (κ3) is 3.82. The molecule has 2 aromatic rings. The van der Waals surface area contributed by atoms with Gasteiger partial charge < -0.3 is 21.7 Å². The van der Waals surface area contributed by atoms with Crippen LogP contribution in [0.25, 0.3) is 0 Å². The van der Waals surface area contributed by atoms with Crippen molar-refractivity contribution < 1.29 is 22.8 Å². The molecule has 5 N–H and O–H groups in total. The number of halogens is 3. The van der Waals surface area contributed by atoms with Crippen LogP contribution >= 0.6 is 0 Å². The van der Waals surface area contributed by atoms with Crippen LogP contribution in [0, 0.1) is 0 Å². The first-order valence-electron chi connectivity index (χ1n) is 7.38. The highest BCUT2D eigenvalue weighted by molar-refractivity contribution is 5.99. The lowest BCUT2D eigenvalue weighted by molar-refractivity contribution is -0.137. The Hall–Kier alpha value is -3.37. The van der Waals surface area contributed by atoms with E-state index in [-0.39, 0.29) is 18.3 Å². The van der Waals surface area contributed by atoms with Crippen molar-refractivity contribution >= 4 is 35.0 Å². The van der Waals surface area contributed by atoms with Gasteiger partial charge in [0, 0.05) is 17.6 Å². The van der Waals surface area contributed by atoms with Gasteiger partial charge in [0.25, 0.3) is 0 Å². The molecule has 136 valence electrons. The Labute approximate surface area is 145 Å². The maximum Gasteiger partial charge on any atom is 0.421 e. The van der Waals surface area contributed by atoms with Gasteiger partial charge in [0.15, 0.2) is 0 Å². The quantitative estimate of drug-likeness (QED) is 0.638. The highest BCUT2D eigenvalue weighted by Crippen LogP contribution is 2.34. The first-order valence-corrected chi connectivity index (χ1v) is 7.38. The number of nitrogens with one attached hydrogen (secondary N) is 3. The smallest absolute Gasteiger partial charge is 0.368 e. The predicted molar refractivity (Wildman–Crippen MR) is 86.8 cm³/mol. The number of hydrogen-bond donors (Lipinski definition) is 4. The number of hydrogen-bond acceptors (Lipinski definition) is 6. The molecule has 0 aliphatic carbocycles. The van der Waals surface area contributed by atoms with E-state index in [1.807, 2.05) is 0 Å². The Balaban J connectivity index is 1.86. The van der Waals surface area contributed by atoms with Gasteiger partial charge in [-0.15, -0.1) is 0 Å². The minimum atomic E-state index is -4.70. The summed E-state index contributed by atoms with van der Waals surface area (Å²) in [6, 6.07) is 4.96. The number of alkyl halides is 3. The van der Waals surface area contributed by atoms with Gasteiger partial charge in [0.1, 0.15) is 11.4 Å². The summed E-state index contributed by atoms with van der Waals surface area (Å²) in [4.78, 5) is 29.6. The number of nitrogens with two attached hydrogens (primary N) is 1. The van der Waals surface area contributed by atoms with E-state index in [2.05, 4.69) is 25.9 Å². The van der Waals surface area contributed by atoms with Crippen LogP contribution in [-0.2, 0) is 22.2 Å². The second-order valence-electron chi connectivity index (χ2n) is 5.50. The minimum Gasteiger partial charge on any atom is -0.368 e. The number of benzene rings is 1. The van der Waals surface area contributed by atoms with Crippen LogP contribution in [0.4, 0.5) is 36.3 Å². The number of anilines is 4. The summed E-state index contributed by atoms with van der Waals surface area (Å²) >= 11 is 0. The first-order chi connectivity index (χ1) is 12.2. The lowest BCUT2D eigenvalue weighted by Crippen LogP contribution is -2.24. The number of primary amides is 1. The molecule has 1 aromatic carbocycles. The average molecular weight is 366 g/mol. The van der Waals surface area contributed by atoms with E-state index in [1.165, 1.54) is 0 Å². The van der Waals surface area contributed by atoms with Gasteiger partial charge in [-0.25, -0.2) is 4.98 Å². The summed E-state index contributed by atoms with van der Waals surface area (Å²) in [7, 11) is 0. The summed E-state index contributed by atoms with van der Waals surface area (Å²) < 4.78 is 39.1. The molecule has 3 rings (SSSR count). The van der Waals surface area contributed by atoms with E-state index in [1.54, 1.807) is 18.2 Å². The molecular formula is C15H13F3N6O2. The maximum atomic E-state index is 13.0. The average Bonchev–Trinajstić information content (AvgIpc) is 2.91. The lowest BCUT2D eigenvalue weighted by Gasteiger charge is -2.14. The van der Waals surface area contributed by atoms with Crippen LogP contribution in [-0.4, -0.2) is 28.3 Å². The van der Waals surface area contributed by atoms with Crippen LogP contribution in [0.3, 0.4) is 0 Å². The predicted octanol–water partition coefficient (Wildman–Crippen LogP) is 1.63. The van der Waals surface area contributed by atoms with Crippen LogP contribution < -0.4 is 21.7 Å². The molecule has 8 nitrogen and oxygen atoms in total.